The van der Waals surface area contributed by atoms with Crippen LogP contribution in [0.1, 0.15) is 18.1 Å². The maximum atomic E-state index is 12.6. The van der Waals surface area contributed by atoms with Crippen molar-refractivity contribution in [3.63, 3.8) is 0 Å². The molecule has 7 heteroatoms. The monoisotopic (exact) mass is 405 g/mol. The smallest absolute Gasteiger partial charge is 0.349 e. The van der Waals surface area contributed by atoms with Crippen LogP contribution in [0.2, 0.25) is 0 Å². The largest absolute Gasteiger partial charge is 0.490 e. The summed E-state index contributed by atoms with van der Waals surface area (Å²) >= 11 is 0. The number of ether oxygens (including phenoxy) is 2. The Hall–Kier alpha value is -3.87. The molecule has 154 valence electrons. The molecule has 0 amide bonds. The molecule has 0 saturated carbocycles. The molecule has 0 bridgehead atoms. The van der Waals surface area contributed by atoms with E-state index in [9.17, 15) is 9.59 Å². The van der Waals surface area contributed by atoms with Crippen molar-refractivity contribution in [3.05, 3.63) is 93.7 Å². The summed E-state index contributed by atoms with van der Waals surface area (Å²) in [6, 6.07) is 10.4. The van der Waals surface area contributed by atoms with Crippen LogP contribution in [0.4, 0.5) is 0 Å². The number of para-hydroxylation sites is 1. The van der Waals surface area contributed by atoms with Crippen LogP contribution in [-0.4, -0.2) is 29.1 Å². The first kappa shape index (κ1) is 20.9. The molecule has 0 fully saturated rings. The summed E-state index contributed by atoms with van der Waals surface area (Å²) in [7, 11) is 0. The third kappa shape index (κ3) is 4.41. The minimum Gasteiger partial charge on any atom is -0.490 e. The summed E-state index contributed by atoms with van der Waals surface area (Å²) in [6.45, 7) is 10.1. The number of hydrogen-bond donors (Lipinski definition) is 1. The molecule has 30 heavy (non-hydrogen) atoms. The first-order valence-electron chi connectivity index (χ1n) is 9.51. The third-order valence-electron chi connectivity index (χ3n) is 4.27. The molecular weight excluding hydrogens is 382 g/mol. The van der Waals surface area contributed by atoms with E-state index >= 15 is 0 Å². The normalized spacial score (nSPS) is 11.0. The Morgan fingerprint density at radius 3 is 2.67 bits per heavy atom. The quantitative estimate of drug-likeness (QED) is 0.437. The molecule has 0 radical (unpaired) electrons. The standard InChI is InChI=1S/C23H23N3O4/c1-4-9-17-13-16(14-20(29-6-3)21(17)30-12-5-2)15-24-26-22(27)18-10-7-8-11-19(18)25-23(26)28/h4-5,7-8,10-11,13-15H,1-2,6,9,12H2,3H3,(H,25,28). The second-order valence-electron chi connectivity index (χ2n) is 6.37. The Balaban J connectivity index is 2.08. The average molecular weight is 405 g/mol. The van der Waals surface area contributed by atoms with Gasteiger partial charge in [0.2, 0.25) is 0 Å². The molecule has 0 spiro atoms. The van der Waals surface area contributed by atoms with Gasteiger partial charge in [0.25, 0.3) is 5.56 Å². The molecule has 1 N–H and O–H groups in total. The molecule has 0 aliphatic rings. The number of fused-ring (bicyclic) bond motifs is 1. The zero-order chi connectivity index (χ0) is 21.5. The number of aromatic nitrogens is 2. The van der Waals surface area contributed by atoms with E-state index < -0.39 is 11.2 Å². The predicted octanol–water partition coefficient (Wildman–Crippen LogP) is 3.26. The summed E-state index contributed by atoms with van der Waals surface area (Å²) in [4.78, 5) is 27.6. The lowest BCUT2D eigenvalue weighted by Gasteiger charge is -2.15. The Morgan fingerprint density at radius 1 is 1.13 bits per heavy atom. The Bertz CT molecular complexity index is 1220. The lowest BCUT2D eigenvalue weighted by atomic mass is 10.1. The van der Waals surface area contributed by atoms with Gasteiger partial charge < -0.3 is 14.5 Å². The zero-order valence-corrected chi connectivity index (χ0v) is 16.8. The van der Waals surface area contributed by atoms with Crippen molar-refractivity contribution in [2.45, 2.75) is 13.3 Å². The molecule has 0 saturated heterocycles. The number of nitrogens with one attached hydrogen (secondary N) is 1. The average Bonchev–Trinajstić information content (AvgIpc) is 2.73. The SMILES string of the molecule is C=CCOc1c(CC=C)cc(C=Nn2c(=O)[nH]c3ccccc3c2=O)cc1OCC. The maximum Gasteiger partial charge on any atom is 0.349 e. The number of allylic oxidation sites excluding steroid dienone is 1. The first-order chi connectivity index (χ1) is 14.6. The predicted molar refractivity (Wildman–Crippen MR) is 119 cm³/mol. The van der Waals surface area contributed by atoms with Gasteiger partial charge in [0.1, 0.15) is 6.61 Å². The van der Waals surface area contributed by atoms with E-state index in [1.54, 1.807) is 42.5 Å². The maximum absolute atomic E-state index is 12.6. The molecule has 0 unspecified atom stereocenters. The minimum absolute atomic E-state index is 0.333. The van der Waals surface area contributed by atoms with Gasteiger partial charge in [-0.2, -0.15) is 5.10 Å². The van der Waals surface area contributed by atoms with Gasteiger partial charge in [-0.05, 0) is 43.2 Å². The molecule has 3 aromatic rings. The van der Waals surface area contributed by atoms with Crippen molar-refractivity contribution in [2.24, 2.45) is 5.10 Å². The lowest BCUT2D eigenvalue weighted by molar-refractivity contribution is 0.295. The Morgan fingerprint density at radius 2 is 1.93 bits per heavy atom. The summed E-state index contributed by atoms with van der Waals surface area (Å²) < 4.78 is 12.3. The molecular formula is C23H23N3O4. The molecule has 7 nitrogen and oxygen atoms in total. The van der Waals surface area contributed by atoms with Crippen molar-refractivity contribution in [1.29, 1.82) is 0 Å². The van der Waals surface area contributed by atoms with Crippen molar-refractivity contribution >= 4 is 17.1 Å². The van der Waals surface area contributed by atoms with Crippen molar-refractivity contribution in [3.8, 4) is 11.5 Å². The van der Waals surface area contributed by atoms with Crippen molar-refractivity contribution in [2.75, 3.05) is 13.2 Å². The Labute approximate surface area is 173 Å². The lowest BCUT2D eigenvalue weighted by Crippen LogP contribution is -2.32. The zero-order valence-electron chi connectivity index (χ0n) is 16.8. The van der Waals surface area contributed by atoms with E-state index in [2.05, 4.69) is 23.2 Å². The van der Waals surface area contributed by atoms with Crippen LogP contribution in [0, 0.1) is 0 Å². The highest BCUT2D eigenvalue weighted by Gasteiger charge is 2.13. The fourth-order valence-electron chi connectivity index (χ4n) is 3.02. The topological polar surface area (TPSA) is 85.7 Å². The van der Waals surface area contributed by atoms with Crippen LogP contribution in [-0.2, 0) is 6.42 Å². The van der Waals surface area contributed by atoms with Crippen LogP contribution >= 0.6 is 0 Å². The fourth-order valence-corrected chi connectivity index (χ4v) is 3.02. The van der Waals surface area contributed by atoms with Crippen molar-refractivity contribution in [1.82, 2.24) is 9.66 Å². The molecule has 0 atom stereocenters. The van der Waals surface area contributed by atoms with Crippen molar-refractivity contribution < 1.29 is 9.47 Å². The number of nitrogens with zero attached hydrogens (tertiary/aromatic N) is 2. The number of benzene rings is 2. The molecule has 0 aliphatic carbocycles. The van der Waals surface area contributed by atoms with Crippen LogP contribution in [0.15, 0.2) is 76.4 Å². The van der Waals surface area contributed by atoms with E-state index in [-0.39, 0.29) is 0 Å². The van der Waals surface area contributed by atoms with Gasteiger partial charge >= 0.3 is 5.69 Å². The van der Waals surface area contributed by atoms with E-state index in [0.29, 0.717) is 47.6 Å². The van der Waals surface area contributed by atoms with Gasteiger partial charge in [0.05, 0.1) is 23.7 Å². The highest BCUT2D eigenvalue weighted by Crippen LogP contribution is 2.33. The van der Waals surface area contributed by atoms with Gasteiger partial charge in [-0.25, -0.2) is 4.79 Å². The van der Waals surface area contributed by atoms with E-state index in [4.69, 9.17) is 9.47 Å². The second-order valence-corrected chi connectivity index (χ2v) is 6.37. The van der Waals surface area contributed by atoms with Gasteiger partial charge in [-0.3, -0.25) is 4.79 Å². The third-order valence-corrected chi connectivity index (χ3v) is 4.27. The minimum atomic E-state index is -0.614. The molecule has 3 rings (SSSR count). The molecule has 1 aromatic heterocycles. The fraction of sp³-hybridized carbons (Fsp3) is 0.174. The van der Waals surface area contributed by atoms with Crippen LogP contribution in [0.25, 0.3) is 10.9 Å². The number of rotatable bonds is 9. The summed E-state index contributed by atoms with van der Waals surface area (Å²) in [5.74, 6) is 1.15. The van der Waals surface area contributed by atoms with E-state index in [1.165, 1.54) is 6.21 Å². The Kier molecular flexibility index (Phi) is 6.64. The van der Waals surface area contributed by atoms with E-state index in [0.717, 1.165) is 10.2 Å². The van der Waals surface area contributed by atoms with Gasteiger partial charge in [0.15, 0.2) is 11.5 Å². The molecule has 1 heterocycles. The molecule has 2 aromatic carbocycles. The summed E-state index contributed by atoms with van der Waals surface area (Å²) in [6.07, 6.45) is 5.40. The number of H-pyrrole nitrogens is 1. The highest BCUT2D eigenvalue weighted by atomic mass is 16.5. The van der Waals surface area contributed by atoms with Gasteiger partial charge in [-0.15, -0.1) is 11.3 Å². The second kappa shape index (κ2) is 9.56. The molecule has 0 aliphatic heterocycles. The van der Waals surface area contributed by atoms with Gasteiger partial charge in [0, 0.05) is 5.56 Å². The highest BCUT2D eigenvalue weighted by molar-refractivity contribution is 5.82. The summed E-state index contributed by atoms with van der Waals surface area (Å²) in [5.41, 5.74) is 0.861. The van der Waals surface area contributed by atoms with Gasteiger partial charge in [-0.1, -0.05) is 30.9 Å². The first-order valence-corrected chi connectivity index (χ1v) is 9.51. The van der Waals surface area contributed by atoms with E-state index in [1.807, 2.05) is 13.0 Å². The van der Waals surface area contributed by atoms with Crippen LogP contribution < -0.4 is 20.7 Å². The number of aromatic amines is 1. The van der Waals surface area contributed by atoms with Crippen LogP contribution in [0.3, 0.4) is 0 Å². The summed E-state index contributed by atoms with van der Waals surface area (Å²) in [5, 5.41) is 4.50. The van der Waals surface area contributed by atoms with Crippen LogP contribution in [0.5, 0.6) is 11.5 Å². The number of hydrogen-bond acceptors (Lipinski definition) is 5.